The van der Waals surface area contributed by atoms with Crippen LogP contribution in [-0.4, -0.2) is 47.4 Å². The number of hydrogen-bond donors (Lipinski definition) is 3. The number of carbonyl (C=O) groups excluding carboxylic acids is 2. The molecule has 72 heavy (non-hydrogen) atoms. The molecule has 0 radical (unpaired) electrons. The van der Waals surface area contributed by atoms with Crippen LogP contribution in [0.15, 0.2) is 24.3 Å². The number of hydrogen-bond acceptors (Lipinski definition) is 5. The first-order chi connectivity index (χ1) is 35.5. The molecule has 3 N–H and O–H groups in total. The molecular weight excluding hydrogens is 887 g/mol. The van der Waals surface area contributed by atoms with Gasteiger partial charge in [-0.1, -0.05) is 295 Å². The number of carbonyl (C=O) groups is 2. The van der Waals surface area contributed by atoms with E-state index in [2.05, 4.69) is 43.5 Å². The second-order valence-corrected chi connectivity index (χ2v) is 22.4. The van der Waals surface area contributed by atoms with Crippen LogP contribution in [0.1, 0.15) is 361 Å². The summed E-state index contributed by atoms with van der Waals surface area (Å²) in [5, 5.41) is 23.4. The summed E-state index contributed by atoms with van der Waals surface area (Å²) in [4.78, 5) is 24.6. The van der Waals surface area contributed by atoms with Gasteiger partial charge in [-0.2, -0.15) is 0 Å². The summed E-state index contributed by atoms with van der Waals surface area (Å²) >= 11 is 0. The van der Waals surface area contributed by atoms with Gasteiger partial charge in [-0.3, -0.25) is 9.59 Å². The van der Waals surface area contributed by atoms with Gasteiger partial charge < -0.3 is 20.3 Å². The van der Waals surface area contributed by atoms with Crippen molar-refractivity contribution >= 4 is 11.9 Å². The molecule has 0 spiro atoms. The minimum absolute atomic E-state index is 0.00233. The molecule has 0 saturated carbocycles. The van der Waals surface area contributed by atoms with E-state index in [1.807, 2.05) is 0 Å². The van der Waals surface area contributed by atoms with Gasteiger partial charge in [-0.05, 0) is 77.0 Å². The monoisotopic (exact) mass is 1010 g/mol. The van der Waals surface area contributed by atoms with Gasteiger partial charge in [-0.25, -0.2) is 0 Å². The van der Waals surface area contributed by atoms with E-state index in [9.17, 15) is 19.8 Å². The molecule has 0 aromatic rings. The zero-order valence-corrected chi connectivity index (χ0v) is 48.7. The molecule has 0 bridgehead atoms. The fraction of sp³-hybridized carbons (Fsp3) is 0.909. The molecule has 0 fully saturated rings. The third-order valence-electron chi connectivity index (χ3n) is 15.2. The van der Waals surface area contributed by atoms with Gasteiger partial charge in [0.25, 0.3) is 0 Å². The predicted molar refractivity (Wildman–Crippen MR) is 315 cm³/mol. The molecule has 1 amide bonds. The van der Waals surface area contributed by atoms with Crippen molar-refractivity contribution in [3.05, 3.63) is 24.3 Å². The Balaban J connectivity index is 3.43. The Morgan fingerprint density at radius 3 is 1.00 bits per heavy atom. The summed E-state index contributed by atoms with van der Waals surface area (Å²) in [6.45, 7) is 4.95. The van der Waals surface area contributed by atoms with Gasteiger partial charge in [-0.15, -0.1) is 0 Å². The molecule has 426 valence electrons. The van der Waals surface area contributed by atoms with E-state index in [0.29, 0.717) is 25.9 Å². The van der Waals surface area contributed by atoms with Crippen molar-refractivity contribution in [1.82, 2.24) is 5.32 Å². The quantitative estimate of drug-likeness (QED) is 0.0320. The lowest BCUT2D eigenvalue weighted by atomic mass is 10.0. The van der Waals surface area contributed by atoms with Crippen molar-refractivity contribution in [2.24, 2.45) is 0 Å². The zero-order valence-electron chi connectivity index (χ0n) is 48.7. The van der Waals surface area contributed by atoms with Crippen LogP contribution in [-0.2, 0) is 14.3 Å². The summed E-state index contributed by atoms with van der Waals surface area (Å²) in [7, 11) is 0. The van der Waals surface area contributed by atoms with Gasteiger partial charge in [0.05, 0.1) is 25.4 Å². The number of amides is 1. The Kier molecular flexibility index (Phi) is 60.5. The molecule has 0 heterocycles. The lowest BCUT2D eigenvalue weighted by Crippen LogP contribution is -2.45. The maximum absolute atomic E-state index is 12.5. The largest absolute Gasteiger partial charge is 0.466 e. The normalized spacial score (nSPS) is 12.7. The number of ether oxygens (including phenoxy) is 1. The summed E-state index contributed by atoms with van der Waals surface area (Å²) in [5.41, 5.74) is 0. The number of nitrogens with one attached hydrogen (secondary N) is 1. The van der Waals surface area contributed by atoms with Gasteiger partial charge in [0.1, 0.15) is 0 Å². The average molecular weight is 1010 g/mol. The minimum Gasteiger partial charge on any atom is -0.466 e. The van der Waals surface area contributed by atoms with Crippen molar-refractivity contribution in [3.8, 4) is 0 Å². The summed E-state index contributed by atoms with van der Waals surface area (Å²) in [6, 6.07) is -0.549. The predicted octanol–water partition coefficient (Wildman–Crippen LogP) is 20.6. The Hall–Kier alpha value is -1.66. The summed E-state index contributed by atoms with van der Waals surface area (Å²) < 4.78 is 5.47. The highest BCUT2D eigenvalue weighted by atomic mass is 16.5. The molecular formula is C66H127NO5. The van der Waals surface area contributed by atoms with Crippen LogP contribution in [0, 0.1) is 0 Å². The topological polar surface area (TPSA) is 95.9 Å². The van der Waals surface area contributed by atoms with Gasteiger partial charge in [0.15, 0.2) is 0 Å². The first-order valence-corrected chi connectivity index (χ1v) is 32.6. The zero-order chi connectivity index (χ0) is 52.2. The maximum atomic E-state index is 12.5. The molecule has 0 rings (SSSR count). The highest BCUT2D eigenvalue weighted by molar-refractivity contribution is 5.76. The third kappa shape index (κ3) is 57.6. The van der Waals surface area contributed by atoms with Crippen LogP contribution in [0.3, 0.4) is 0 Å². The average Bonchev–Trinajstić information content (AvgIpc) is 3.38. The van der Waals surface area contributed by atoms with Gasteiger partial charge in [0.2, 0.25) is 5.91 Å². The van der Waals surface area contributed by atoms with Crippen molar-refractivity contribution in [1.29, 1.82) is 0 Å². The second kappa shape index (κ2) is 61.9. The standard InChI is InChI=1S/C66H127NO5/c1-3-5-7-9-11-13-15-17-18-19-20-21-22-25-28-31-35-38-42-46-50-54-58-64(69)63(62-68)67-65(70)59-55-51-47-43-39-36-32-29-26-23-24-27-30-33-37-41-45-49-53-57-61-72-66(71)60-56-52-48-44-40-34-16-14-12-10-8-6-4-2/h14,16,23,26,63-64,68-69H,3-13,15,17-22,24-25,27-62H2,1-2H3,(H,67,70)/b16-14-,26-23-. The number of esters is 1. The molecule has 0 aliphatic rings. The van der Waals surface area contributed by atoms with Gasteiger partial charge in [0, 0.05) is 12.8 Å². The molecule has 0 aromatic carbocycles. The number of unbranched alkanes of at least 4 members (excludes halogenated alkanes) is 46. The molecule has 2 unspecified atom stereocenters. The van der Waals surface area contributed by atoms with Crippen molar-refractivity contribution in [2.75, 3.05) is 13.2 Å². The van der Waals surface area contributed by atoms with E-state index >= 15 is 0 Å². The molecule has 0 aliphatic carbocycles. The first-order valence-electron chi connectivity index (χ1n) is 32.6. The second-order valence-electron chi connectivity index (χ2n) is 22.4. The van der Waals surface area contributed by atoms with Crippen molar-refractivity contribution in [2.45, 2.75) is 373 Å². The lowest BCUT2D eigenvalue weighted by molar-refractivity contribution is -0.143. The number of allylic oxidation sites excluding steroid dienone is 4. The smallest absolute Gasteiger partial charge is 0.305 e. The van der Waals surface area contributed by atoms with Gasteiger partial charge >= 0.3 is 5.97 Å². The van der Waals surface area contributed by atoms with E-state index in [1.165, 1.54) is 283 Å². The van der Waals surface area contributed by atoms with Crippen molar-refractivity contribution < 1.29 is 24.5 Å². The highest BCUT2D eigenvalue weighted by Gasteiger charge is 2.20. The molecule has 0 saturated heterocycles. The van der Waals surface area contributed by atoms with Crippen LogP contribution < -0.4 is 5.32 Å². The molecule has 0 aliphatic heterocycles. The van der Waals surface area contributed by atoms with Crippen LogP contribution in [0.2, 0.25) is 0 Å². The third-order valence-corrected chi connectivity index (χ3v) is 15.2. The fourth-order valence-electron chi connectivity index (χ4n) is 10.2. The highest BCUT2D eigenvalue weighted by Crippen LogP contribution is 2.18. The Bertz CT molecular complexity index is 1120. The summed E-state index contributed by atoms with van der Waals surface area (Å²) in [6.07, 6.45) is 76.2. The van der Waals surface area contributed by atoms with Crippen molar-refractivity contribution in [3.63, 3.8) is 0 Å². The molecule has 6 heteroatoms. The van der Waals surface area contributed by atoms with E-state index in [0.717, 1.165) is 44.9 Å². The van der Waals surface area contributed by atoms with E-state index < -0.39 is 12.1 Å². The molecule has 6 nitrogen and oxygen atoms in total. The van der Waals surface area contributed by atoms with Crippen LogP contribution in [0.4, 0.5) is 0 Å². The van der Waals surface area contributed by atoms with E-state index in [4.69, 9.17) is 4.74 Å². The Labute approximate surface area is 450 Å². The van der Waals surface area contributed by atoms with E-state index in [1.54, 1.807) is 0 Å². The maximum Gasteiger partial charge on any atom is 0.305 e. The first kappa shape index (κ1) is 70.3. The number of aliphatic hydroxyl groups is 2. The van der Waals surface area contributed by atoms with Crippen LogP contribution in [0.5, 0.6) is 0 Å². The summed E-state index contributed by atoms with van der Waals surface area (Å²) in [5.74, 6) is -0.0424. The number of aliphatic hydroxyl groups excluding tert-OH is 2. The number of rotatable bonds is 61. The molecule has 2 atom stereocenters. The Morgan fingerprint density at radius 1 is 0.375 bits per heavy atom. The SMILES string of the molecule is CCCCCC/C=C\CCCCCCCC(=O)OCCCCCCCCCCC/C=C\CCCCCCCCCC(=O)NC(CO)C(O)CCCCCCCCCCCCCCCCCCCCCCCC. The fourth-order valence-corrected chi connectivity index (χ4v) is 10.2. The van der Waals surface area contributed by atoms with E-state index in [-0.39, 0.29) is 18.5 Å². The lowest BCUT2D eigenvalue weighted by Gasteiger charge is -2.22. The Morgan fingerprint density at radius 2 is 0.653 bits per heavy atom. The van der Waals surface area contributed by atoms with Crippen LogP contribution in [0.25, 0.3) is 0 Å². The molecule has 0 aromatic heterocycles. The van der Waals surface area contributed by atoms with Crippen LogP contribution >= 0.6 is 0 Å². The minimum atomic E-state index is -0.671.